The second kappa shape index (κ2) is 5.93. The Bertz CT molecular complexity index is 471. The number of nitrogens with zero attached hydrogens (tertiary/aromatic N) is 1. The van der Waals surface area contributed by atoms with Gasteiger partial charge in [0.2, 0.25) is 0 Å². The Kier molecular flexibility index (Phi) is 4.28. The monoisotopic (exact) mass is 266 g/mol. The number of benzene rings is 1. The summed E-state index contributed by atoms with van der Waals surface area (Å²) in [7, 11) is 0. The lowest BCUT2D eigenvalue weighted by Crippen LogP contribution is -1.99. The summed E-state index contributed by atoms with van der Waals surface area (Å²) >= 11 is 3.18. The molecule has 1 heterocycles. The second-order valence-electron chi connectivity index (χ2n) is 3.42. The molecule has 0 spiro atoms. The summed E-state index contributed by atoms with van der Waals surface area (Å²) in [5.41, 5.74) is 6.77. The molecule has 0 bridgehead atoms. The third kappa shape index (κ3) is 3.14. The van der Waals surface area contributed by atoms with Crippen LogP contribution in [0.2, 0.25) is 0 Å². The number of ether oxygens (including phenoxy) is 1. The van der Waals surface area contributed by atoms with E-state index in [-0.39, 0.29) is 0 Å². The summed E-state index contributed by atoms with van der Waals surface area (Å²) in [5, 5.41) is 1.95. The van der Waals surface area contributed by atoms with Crippen molar-refractivity contribution >= 4 is 28.8 Å². The second-order valence-corrected chi connectivity index (χ2v) is 5.60. The minimum atomic E-state index is 0.690. The molecule has 2 rings (SSSR count). The predicted molar refractivity (Wildman–Crippen MR) is 72.9 cm³/mol. The predicted octanol–water partition coefficient (Wildman–Crippen LogP) is 3.67. The molecule has 5 heteroatoms. The SMILES string of the molecule is CCCOc1cccc(Sc2nccs2)c1N. The third-order valence-electron chi connectivity index (χ3n) is 2.09. The van der Waals surface area contributed by atoms with E-state index in [2.05, 4.69) is 11.9 Å². The average Bonchev–Trinajstić information content (AvgIpc) is 2.83. The smallest absolute Gasteiger partial charge is 0.154 e. The van der Waals surface area contributed by atoms with Crippen molar-refractivity contribution in [1.29, 1.82) is 0 Å². The Balaban J connectivity index is 2.17. The van der Waals surface area contributed by atoms with Gasteiger partial charge < -0.3 is 10.5 Å². The number of anilines is 1. The van der Waals surface area contributed by atoms with Gasteiger partial charge in [0.15, 0.2) is 4.34 Å². The molecule has 2 N–H and O–H groups in total. The molecule has 0 saturated carbocycles. The molecule has 1 aromatic carbocycles. The van der Waals surface area contributed by atoms with Crippen LogP contribution in [0.3, 0.4) is 0 Å². The minimum Gasteiger partial charge on any atom is -0.491 e. The highest BCUT2D eigenvalue weighted by atomic mass is 32.2. The first-order valence-electron chi connectivity index (χ1n) is 5.40. The Hall–Kier alpha value is -1.20. The van der Waals surface area contributed by atoms with Gasteiger partial charge in [0.25, 0.3) is 0 Å². The average molecular weight is 266 g/mol. The lowest BCUT2D eigenvalue weighted by molar-refractivity contribution is 0.318. The van der Waals surface area contributed by atoms with Crippen molar-refractivity contribution in [3.05, 3.63) is 29.8 Å². The maximum absolute atomic E-state index is 6.07. The van der Waals surface area contributed by atoms with Gasteiger partial charge in [0, 0.05) is 16.5 Å². The Morgan fingerprint density at radius 1 is 1.47 bits per heavy atom. The van der Waals surface area contributed by atoms with Gasteiger partial charge in [0.05, 0.1) is 12.3 Å². The van der Waals surface area contributed by atoms with E-state index in [1.165, 1.54) is 0 Å². The van der Waals surface area contributed by atoms with Crippen molar-refractivity contribution in [3.63, 3.8) is 0 Å². The van der Waals surface area contributed by atoms with Gasteiger partial charge in [-0.3, -0.25) is 0 Å². The van der Waals surface area contributed by atoms with Gasteiger partial charge >= 0.3 is 0 Å². The van der Waals surface area contributed by atoms with E-state index in [1.807, 2.05) is 23.6 Å². The number of rotatable bonds is 5. The van der Waals surface area contributed by atoms with Crippen LogP contribution >= 0.6 is 23.1 Å². The van der Waals surface area contributed by atoms with Crippen molar-refractivity contribution in [1.82, 2.24) is 4.98 Å². The lowest BCUT2D eigenvalue weighted by Gasteiger charge is -2.10. The van der Waals surface area contributed by atoms with Crippen LogP contribution in [-0.4, -0.2) is 11.6 Å². The van der Waals surface area contributed by atoms with Gasteiger partial charge in [-0.2, -0.15) is 0 Å². The molecule has 0 aliphatic heterocycles. The van der Waals surface area contributed by atoms with E-state index in [0.29, 0.717) is 12.3 Å². The number of thiazole rings is 1. The molecule has 0 aliphatic carbocycles. The van der Waals surface area contributed by atoms with Crippen molar-refractivity contribution < 1.29 is 4.74 Å². The number of nitrogens with two attached hydrogens (primary N) is 1. The van der Waals surface area contributed by atoms with Crippen molar-refractivity contribution in [2.75, 3.05) is 12.3 Å². The highest BCUT2D eigenvalue weighted by Gasteiger charge is 2.08. The third-order valence-corrected chi connectivity index (χ3v) is 4.05. The molecule has 0 saturated heterocycles. The van der Waals surface area contributed by atoms with E-state index in [4.69, 9.17) is 10.5 Å². The summed E-state index contributed by atoms with van der Waals surface area (Å²) in [5.74, 6) is 0.758. The van der Waals surface area contributed by atoms with Gasteiger partial charge in [-0.15, -0.1) is 11.3 Å². The maximum atomic E-state index is 6.07. The number of aromatic nitrogens is 1. The first kappa shape index (κ1) is 12.3. The topological polar surface area (TPSA) is 48.1 Å². The Morgan fingerprint density at radius 2 is 2.35 bits per heavy atom. The van der Waals surface area contributed by atoms with E-state index in [1.54, 1.807) is 29.3 Å². The quantitative estimate of drug-likeness (QED) is 0.839. The van der Waals surface area contributed by atoms with Gasteiger partial charge in [-0.05, 0) is 18.6 Å². The summed E-state index contributed by atoms with van der Waals surface area (Å²) in [6, 6.07) is 5.84. The standard InChI is InChI=1S/C12H14N2OS2/c1-2-7-15-9-4-3-5-10(11(9)13)17-12-14-6-8-16-12/h3-6,8H,2,7,13H2,1H3. The Labute approximate surface area is 109 Å². The fraction of sp³-hybridized carbons (Fsp3) is 0.250. The van der Waals surface area contributed by atoms with E-state index < -0.39 is 0 Å². The fourth-order valence-corrected chi connectivity index (χ4v) is 2.95. The zero-order valence-electron chi connectivity index (χ0n) is 9.55. The van der Waals surface area contributed by atoms with Crippen LogP contribution in [0.1, 0.15) is 13.3 Å². The number of para-hydroxylation sites is 1. The molecule has 1 aromatic heterocycles. The fourth-order valence-electron chi connectivity index (χ4n) is 1.31. The van der Waals surface area contributed by atoms with Crippen molar-refractivity contribution in [2.24, 2.45) is 0 Å². The van der Waals surface area contributed by atoms with Crippen LogP contribution in [0.5, 0.6) is 5.75 Å². The number of nitrogen functional groups attached to an aromatic ring is 1. The first-order valence-corrected chi connectivity index (χ1v) is 7.09. The van der Waals surface area contributed by atoms with Gasteiger partial charge in [-0.25, -0.2) is 4.98 Å². The first-order chi connectivity index (χ1) is 8.31. The molecule has 0 aliphatic rings. The summed E-state index contributed by atoms with van der Waals surface area (Å²) < 4.78 is 6.58. The molecule has 3 nitrogen and oxygen atoms in total. The highest BCUT2D eigenvalue weighted by molar-refractivity contribution is 8.01. The summed E-state index contributed by atoms with van der Waals surface area (Å²) in [6.45, 7) is 2.76. The molecule has 2 aromatic rings. The van der Waals surface area contributed by atoms with Crippen molar-refractivity contribution in [3.8, 4) is 5.75 Å². The molecule has 0 amide bonds. The van der Waals surface area contributed by atoms with E-state index in [0.717, 1.165) is 21.4 Å². The maximum Gasteiger partial charge on any atom is 0.154 e. The van der Waals surface area contributed by atoms with Crippen LogP contribution < -0.4 is 10.5 Å². The molecular weight excluding hydrogens is 252 g/mol. The largest absolute Gasteiger partial charge is 0.491 e. The molecular formula is C12H14N2OS2. The molecule has 17 heavy (non-hydrogen) atoms. The highest BCUT2D eigenvalue weighted by Crippen LogP contribution is 2.37. The van der Waals surface area contributed by atoms with E-state index >= 15 is 0 Å². The van der Waals surface area contributed by atoms with Crippen LogP contribution in [0.25, 0.3) is 0 Å². The molecule has 0 radical (unpaired) electrons. The van der Waals surface area contributed by atoms with Gasteiger partial charge in [0.1, 0.15) is 5.75 Å². The Morgan fingerprint density at radius 3 is 3.06 bits per heavy atom. The van der Waals surface area contributed by atoms with Crippen LogP contribution in [0, 0.1) is 0 Å². The molecule has 0 unspecified atom stereocenters. The van der Waals surface area contributed by atoms with Gasteiger partial charge in [-0.1, -0.05) is 24.8 Å². The molecule has 0 fully saturated rings. The minimum absolute atomic E-state index is 0.690. The molecule has 90 valence electrons. The van der Waals surface area contributed by atoms with Crippen LogP contribution in [-0.2, 0) is 0 Å². The van der Waals surface area contributed by atoms with E-state index in [9.17, 15) is 0 Å². The summed E-state index contributed by atoms with van der Waals surface area (Å²) in [6.07, 6.45) is 2.77. The normalized spacial score (nSPS) is 10.4. The van der Waals surface area contributed by atoms with Crippen LogP contribution in [0.15, 0.2) is 39.0 Å². The zero-order valence-corrected chi connectivity index (χ0v) is 11.2. The molecule has 0 atom stereocenters. The van der Waals surface area contributed by atoms with Crippen molar-refractivity contribution in [2.45, 2.75) is 22.6 Å². The lowest BCUT2D eigenvalue weighted by atomic mass is 10.3. The number of hydrogen-bond donors (Lipinski definition) is 1. The summed E-state index contributed by atoms with van der Waals surface area (Å²) in [4.78, 5) is 5.22. The zero-order chi connectivity index (χ0) is 12.1. The van der Waals surface area contributed by atoms with Crippen LogP contribution in [0.4, 0.5) is 5.69 Å². The number of hydrogen-bond acceptors (Lipinski definition) is 5.